The number of rotatable bonds is 6. The number of benzene rings is 3. The third-order valence-corrected chi connectivity index (χ3v) is 5.93. The summed E-state index contributed by atoms with van der Waals surface area (Å²) >= 11 is 2.10. The summed E-state index contributed by atoms with van der Waals surface area (Å²) in [7, 11) is 2.92. The van der Waals surface area contributed by atoms with E-state index in [1.807, 2.05) is 0 Å². The van der Waals surface area contributed by atoms with Crippen LogP contribution in [0, 0.1) is 3.57 Å². The van der Waals surface area contributed by atoms with Gasteiger partial charge in [0.25, 0.3) is 11.8 Å². The van der Waals surface area contributed by atoms with Crippen LogP contribution in [0.3, 0.4) is 0 Å². The molecule has 10 heteroatoms. The van der Waals surface area contributed by atoms with Crippen molar-refractivity contribution >= 4 is 58.2 Å². The van der Waals surface area contributed by atoms with Crippen LogP contribution in [0.1, 0.15) is 15.9 Å². The van der Waals surface area contributed by atoms with Gasteiger partial charge >= 0.3 is 12.0 Å². The largest absolute Gasteiger partial charge is 0.497 e. The Morgan fingerprint density at radius 3 is 2.22 bits per heavy atom. The summed E-state index contributed by atoms with van der Waals surface area (Å²) in [6, 6.07) is 16.8. The summed E-state index contributed by atoms with van der Waals surface area (Å²) < 4.78 is 16.8. The summed E-state index contributed by atoms with van der Waals surface area (Å²) in [5, 5.41) is 2.18. The Kier molecular flexibility index (Phi) is 7.34. The monoisotopic (exact) mass is 598 g/mol. The number of nitrogens with one attached hydrogen (secondary N) is 1. The van der Waals surface area contributed by atoms with Gasteiger partial charge in [-0.1, -0.05) is 6.07 Å². The van der Waals surface area contributed by atoms with E-state index in [0.29, 0.717) is 22.6 Å². The molecule has 0 aliphatic carbocycles. The Hall–Kier alpha value is -4.19. The van der Waals surface area contributed by atoms with E-state index in [2.05, 4.69) is 27.9 Å². The van der Waals surface area contributed by atoms with Crippen LogP contribution < -0.4 is 24.4 Å². The van der Waals surface area contributed by atoms with Crippen molar-refractivity contribution in [2.24, 2.45) is 0 Å². The first-order chi connectivity index (χ1) is 17.3. The van der Waals surface area contributed by atoms with Crippen LogP contribution in [-0.2, 0) is 9.59 Å². The number of nitrogens with zero attached hydrogens (tertiary/aromatic N) is 1. The van der Waals surface area contributed by atoms with Gasteiger partial charge in [-0.2, -0.15) is 0 Å². The Morgan fingerprint density at radius 2 is 1.58 bits per heavy atom. The second kappa shape index (κ2) is 10.6. The molecule has 0 atom stereocenters. The average molecular weight is 598 g/mol. The lowest BCUT2D eigenvalue weighted by Crippen LogP contribution is -2.54. The highest BCUT2D eigenvalue weighted by Crippen LogP contribution is 2.31. The zero-order chi connectivity index (χ0) is 25.8. The lowest BCUT2D eigenvalue weighted by Gasteiger charge is -2.26. The summed E-state index contributed by atoms with van der Waals surface area (Å²) in [4.78, 5) is 51.3. The molecule has 182 valence electrons. The van der Waals surface area contributed by atoms with E-state index in [9.17, 15) is 19.2 Å². The molecule has 1 N–H and O–H groups in total. The van der Waals surface area contributed by atoms with Gasteiger partial charge in [0.15, 0.2) is 11.5 Å². The molecule has 0 aromatic heterocycles. The molecule has 0 radical (unpaired) electrons. The number of carbonyl (C=O) groups excluding carboxylic acids is 4. The number of hydrogen-bond acceptors (Lipinski definition) is 7. The molecule has 0 saturated carbocycles. The van der Waals surface area contributed by atoms with Crippen molar-refractivity contribution in [1.29, 1.82) is 0 Å². The fourth-order valence-corrected chi connectivity index (χ4v) is 3.75. The second-order valence-electron chi connectivity index (χ2n) is 7.46. The highest BCUT2D eigenvalue weighted by atomic mass is 127. The lowest BCUT2D eigenvalue weighted by molar-refractivity contribution is -0.122. The Balaban J connectivity index is 1.59. The van der Waals surface area contributed by atoms with E-state index >= 15 is 0 Å². The van der Waals surface area contributed by atoms with E-state index < -0.39 is 23.8 Å². The quantitative estimate of drug-likeness (QED) is 0.149. The molecule has 36 heavy (non-hydrogen) atoms. The molecule has 1 saturated heterocycles. The molecule has 1 aliphatic rings. The van der Waals surface area contributed by atoms with Crippen LogP contribution in [0.4, 0.5) is 10.5 Å². The molecule has 0 spiro atoms. The van der Waals surface area contributed by atoms with Crippen molar-refractivity contribution in [3.63, 3.8) is 0 Å². The van der Waals surface area contributed by atoms with Crippen molar-refractivity contribution in [3.8, 4) is 17.2 Å². The minimum Gasteiger partial charge on any atom is -0.497 e. The highest BCUT2D eigenvalue weighted by Gasteiger charge is 2.36. The van der Waals surface area contributed by atoms with Crippen molar-refractivity contribution in [3.05, 3.63) is 87.0 Å². The predicted molar refractivity (Wildman–Crippen MR) is 139 cm³/mol. The number of imide groups is 2. The number of ether oxygens (including phenoxy) is 3. The van der Waals surface area contributed by atoms with Gasteiger partial charge in [0, 0.05) is 3.57 Å². The smallest absolute Gasteiger partial charge is 0.343 e. The highest BCUT2D eigenvalue weighted by molar-refractivity contribution is 14.1. The number of esters is 1. The van der Waals surface area contributed by atoms with Crippen LogP contribution in [-0.4, -0.2) is 38.0 Å². The van der Waals surface area contributed by atoms with Gasteiger partial charge in [0.2, 0.25) is 0 Å². The molecule has 0 unspecified atom stereocenters. The molecule has 1 heterocycles. The number of carbonyl (C=O) groups is 4. The molecular weight excluding hydrogens is 579 g/mol. The molecule has 1 aliphatic heterocycles. The van der Waals surface area contributed by atoms with Gasteiger partial charge in [0.1, 0.15) is 11.3 Å². The second-order valence-corrected chi connectivity index (χ2v) is 8.71. The number of hydrogen-bond donors (Lipinski definition) is 1. The Morgan fingerprint density at radius 1 is 0.889 bits per heavy atom. The maximum Gasteiger partial charge on any atom is 0.343 e. The third kappa shape index (κ3) is 5.23. The fourth-order valence-electron chi connectivity index (χ4n) is 3.39. The summed E-state index contributed by atoms with van der Waals surface area (Å²) in [5.74, 6) is -1.23. The summed E-state index contributed by atoms with van der Waals surface area (Å²) in [5.41, 5.74) is 0.827. The SMILES string of the molecule is COc1ccc(C(=O)Oc2ccc(/C=C3\C(=O)NC(=O)N(c4ccc(I)cc4)C3=O)cc2OC)cc1. The molecular formula is C26H19IN2O7. The number of barbiturate groups is 1. The molecule has 4 amide bonds. The van der Waals surface area contributed by atoms with E-state index in [0.717, 1.165) is 8.47 Å². The molecule has 3 aromatic carbocycles. The van der Waals surface area contributed by atoms with Gasteiger partial charge in [-0.15, -0.1) is 0 Å². The minimum atomic E-state index is -0.832. The Labute approximate surface area is 219 Å². The summed E-state index contributed by atoms with van der Waals surface area (Å²) in [6.45, 7) is 0. The van der Waals surface area contributed by atoms with E-state index in [1.54, 1.807) is 54.6 Å². The van der Waals surface area contributed by atoms with Crippen molar-refractivity contribution in [2.75, 3.05) is 19.1 Å². The number of amides is 4. The fraction of sp³-hybridized carbons (Fsp3) is 0.0769. The normalized spacial score (nSPS) is 14.5. The van der Waals surface area contributed by atoms with Gasteiger partial charge in [-0.05, 0) is 94.9 Å². The first-order valence-electron chi connectivity index (χ1n) is 10.5. The molecule has 0 bridgehead atoms. The van der Waals surface area contributed by atoms with E-state index in [4.69, 9.17) is 14.2 Å². The van der Waals surface area contributed by atoms with Crippen LogP contribution in [0.5, 0.6) is 17.2 Å². The maximum absolute atomic E-state index is 13.1. The maximum atomic E-state index is 13.1. The van der Waals surface area contributed by atoms with E-state index in [-0.39, 0.29) is 17.1 Å². The van der Waals surface area contributed by atoms with Crippen LogP contribution >= 0.6 is 22.6 Å². The number of urea groups is 1. The third-order valence-electron chi connectivity index (χ3n) is 5.21. The topological polar surface area (TPSA) is 111 Å². The number of methoxy groups -OCH3 is 2. The summed E-state index contributed by atoms with van der Waals surface area (Å²) in [6.07, 6.45) is 1.33. The zero-order valence-electron chi connectivity index (χ0n) is 19.1. The zero-order valence-corrected chi connectivity index (χ0v) is 21.3. The van der Waals surface area contributed by atoms with Crippen LogP contribution in [0.25, 0.3) is 6.08 Å². The first-order valence-corrected chi connectivity index (χ1v) is 11.6. The number of anilines is 1. The van der Waals surface area contributed by atoms with Gasteiger partial charge in [-0.3, -0.25) is 14.9 Å². The van der Waals surface area contributed by atoms with Crippen molar-refractivity contribution < 1.29 is 33.4 Å². The Bertz CT molecular complexity index is 1380. The molecule has 4 rings (SSSR count). The lowest BCUT2D eigenvalue weighted by atomic mass is 10.1. The average Bonchev–Trinajstić information content (AvgIpc) is 2.88. The molecule has 1 fully saturated rings. The van der Waals surface area contributed by atoms with Gasteiger partial charge in [0.05, 0.1) is 25.5 Å². The van der Waals surface area contributed by atoms with Crippen molar-refractivity contribution in [2.45, 2.75) is 0 Å². The minimum absolute atomic E-state index is 0.149. The van der Waals surface area contributed by atoms with Crippen LogP contribution in [0.2, 0.25) is 0 Å². The molecule has 9 nitrogen and oxygen atoms in total. The van der Waals surface area contributed by atoms with Gasteiger partial charge < -0.3 is 14.2 Å². The molecule has 3 aromatic rings. The standard InChI is InChI=1S/C26H19IN2O7/c1-34-19-10-4-16(5-11-19)25(32)36-21-12-3-15(14-22(21)35-2)13-20-23(30)28-26(33)29(24(20)31)18-8-6-17(27)7-9-18/h3-14H,1-2H3,(H,28,30,33)/b20-13+. The van der Waals surface area contributed by atoms with Crippen molar-refractivity contribution in [1.82, 2.24) is 5.32 Å². The predicted octanol–water partition coefficient (Wildman–Crippen LogP) is 4.19. The van der Waals surface area contributed by atoms with Crippen LogP contribution in [0.15, 0.2) is 72.3 Å². The van der Waals surface area contributed by atoms with Gasteiger partial charge in [-0.25, -0.2) is 14.5 Å². The van der Waals surface area contributed by atoms with E-state index in [1.165, 1.54) is 32.4 Å². The first kappa shape index (κ1) is 24.9. The number of halogens is 1.